The number of benzene rings is 1. The van der Waals surface area contributed by atoms with Gasteiger partial charge in [0.2, 0.25) is 0 Å². The molecule has 3 N–H and O–H groups in total. The molecule has 4 heteroatoms. The molecular formula is C14H22ClNO2. The van der Waals surface area contributed by atoms with Crippen molar-refractivity contribution in [1.82, 2.24) is 0 Å². The number of hydrogen-bond donors (Lipinski definition) is 2. The van der Waals surface area contributed by atoms with Crippen molar-refractivity contribution in [2.24, 2.45) is 11.7 Å². The normalized spacial score (nSPS) is 14.3. The number of halogens is 1. The maximum atomic E-state index is 9.24. The average molecular weight is 272 g/mol. The van der Waals surface area contributed by atoms with Crippen molar-refractivity contribution in [3.63, 3.8) is 0 Å². The first kappa shape index (κ1) is 15.3. The van der Waals surface area contributed by atoms with Crippen LogP contribution in [0.25, 0.3) is 0 Å². The van der Waals surface area contributed by atoms with Gasteiger partial charge in [-0.2, -0.15) is 0 Å². The molecule has 3 nitrogen and oxygen atoms in total. The van der Waals surface area contributed by atoms with E-state index in [-0.39, 0.29) is 12.5 Å². The summed E-state index contributed by atoms with van der Waals surface area (Å²) in [5.74, 6) is 1.22. The van der Waals surface area contributed by atoms with Gasteiger partial charge in [-0.1, -0.05) is 24.6 Å². The summed E-state index contributed by atoms with van der Waals surface area (Å²) in [5.41, 5.74) is 6.74. The molecule has 1 rings (SSSR count). The Balaban J connectivity index is 2.87. The summed E-state index contributed by atoms with van der Waals surface area (Å²) in [6.07, 6.45) is 1.83. The number of ether oxygens (including phenoxy) is 1. The lowest BCUT2D eigenvalue weighted by Gasteiger charge is -2.21. The number of aliphatic hydroxyl groups is 1. The van der Waals surface area contributed by atoms with Crippen LogP contribution >= 0.6 is 11.6 Å². The molecule has 0 aliphatic carbocycles. The first-order chi connectivity index (χ1) is 8.65. The summed E-state index contributed by atoms with van der Waals surface area (Å²) >= 11 is 6.28. The first-order valence-corrected chi connectivity index (χ1v) is 6.68. The maximum absolute atomic E-state index is 9.24. The quantitative estimate of drug-likeness (QED) is 0.802. The van der Waals surface area contributed by atoms with E-state index in [0.717, 1.165) is 29.2 Å². The van der Waals surface area contributed by atoms with Crippen LogP contribution in [0, 0.1) is 5.92 Å². The van der Waals surface area contributed by atoms with E-state index in [1.54, 1.807) is 7.11 Å². The molecule has 2 atom stereocenters. The summed E-state index contributed by atoms with van der Waals surface area (Å²) < 4.78 is 5.14. The highest BCUT2D eigenvalue weighted by Gasteiger charge is 2.18. The SMILES string of the molecule is CCC(CC(CN)CO)c1ccc(OC)cc1Cl. The lowest BCUT2D eigenvalue weighted by molar-refractivity contribution is 0.214. The van der Waals surface area contributed by atoms with Crippen molar-refractivity contribution < 1.29 is 9.84 Å². The zero-order valence-corrected chi connectivity index (χ0v) is 11.8. The zero-order valence-electron chi connectivity index (χ0n) is 11.0. The topological polar surface area (TPSA) is 55.5 Å². The highest BCUT2D eigenvalue weighted by molar-refractivity contribution is 6.31. The second kappa shape index (κ2) is 7.62. The van der Waals surface area contributed by atoms with Gasteiger partial charge < -0.3 is 15.6 Å². The molecule has 1 aromatic rings. The van der Waals surface area contributed by atoms with Crippen molar-refractivity contribution >= 4 is 11.6 Å². The Bertz CT molecular complexity index is 367. The lowest BCUT2D eigenvalue weighted by Crippen LogP contribution is -2.20. The van der Waals surface area contributed by atoms with E-state index in [9.17, 15) is 5.11 Å². The second-order valence-corrected chi connectivity index (χ2v) is 4.92. The van der Waals surface area contributed by atoms with Crippen molar-refractivity contribution in [2.75, 3.05) is 20.3 Å². The van der Waals surface area contributed by atoms with Gasteiger partial charge in [0.1, 0.15) is 5.75 Å². The van der Waals surface area contributed by atoms with Crippen LogP contribution < -0.4 is 10.5 Å². The molecule has 0 aliphatic heterocycles. The Morgan fingerprint density at radius 1 is 1.44 bits per heavy atom. The molecule has 1 aromatic carbocycles. The van der Waals surface area contributed by atoms with Crippen LogP contribution in [0.1, 0.15) is 31.2 Å². The van der Waals surface area contributed by atoms with Crippen molar-refractivity contribution in [1.29, 1.82) is 0 Å². The molecule has 0 aliphatic rings. The van der Waals surface area contributed by atoms with Crippen LogP contribution in [-0.4, -0.2) is 25.4 Å². The smallest absolute Gasteiger partial charge is 0.120 e. The Labute approximate surface area is 114 Å². The molecule has 102 valence electrons. The molecule has 0 fully saturated rings. The monoisotopic (exact) mass is 271 g/mol. The van der Waals surface area contributed by atoms with Crippen LogP contribution in [0.15, 0.2) is 18.2 Å². The molecule has 0 spiro atoms. The Morgan fingerprint density at radius 2 is 2.17 bits per heavy atom. The summed E-state index contributed by atoms with van der Waals surface area (Å²) in [6.45, 7) is 2.75. The minimum absolute atomic E-state index is 0.126. The van der Waals surface area contributed by atoms with Crippen LogP contribution in [0.3, 0.4) is 0 Å². The van der Waals surface area contributed by atoms with Crippen LogP contribution in [0.5, 0.6) is 5.75 Å². The molecule has 18 heavy (non-hydrogen) atoms. The number of aliphatic hydroxyl groups excluding tert-OH is 1. The molecule has 0 heterocycles. The molecule has 0 saturated heterocycles. The van der Waals surface area contributed by atoms with Gasteiger partial charge in [-0.05, 0) is 48.9 Å². The van der Waals surface area contributed by atoms with Gasteiger partial charge in [0.05, 0.1) is 7.11 Å². The number of nitrogens with two attached hydrogens (primary N) is 1. The fourth-order valence-corrected chi connectivity index (χ4v) is 2.45. The fourth-order valence-electron chi connectivity index (χ4n) is 2.13. The van der Waals surface area contributed by atoms with Gasteiger partial charge >= 0.3 is 0 Å². The van der Waals surface area contributed by atoms with Crippen molar-refractivity contribution in [3.8, 4) is 5.75 Å². The minimum atomic E-state index is 0.126. The van der Waals surface area contributed by atoms with E-state index in [1.165, 1.54) is 0 Å². The summed E-state index contributed by atoms with van der Waals surface area (Å²) in [7, 11) is 1.62. The molecule has 0 amide bonds. The molecule has 0 radical (unpaired) electrons. The summed E-state index contributed by atoms with van der Waals surface area (Å²) in [6, 6.07) is 5.75. The fraction of sp³-hybridized carbons (Fsp3) is 0.571. The van der Waals surface area contributed by atoms with Gasteiger partial charge in [-0.25, -0.2) is 0 Å². The van der Waals surface area contributed by atoms with Gasteiger partial charge in [-0.15, -0.1) is 0 Å². The lowest BCUT2D eigenvalue weighted by atomic mass is 9.87. The van der Waals surface area contributed by atoms with Gasteiger partial charge in [0.15, 0.2) is 0 Å². The van der Waals surface area contributed by atoms with Crippen LogP contribution in [0.4, 0.5) is 0 Å². The number of methoxy groups -OCH3 is 1. The number of hydrogen-bond acceptors (Lipinski definition) is 3. The van der Waals surface area contributed by atoms with Crippen LogP contribution in [-0.2, 0) is 0 Å². The standard InChI is InChI=1S/C14H22ClNO2/c1-3-11(6-10(8-16)9-17)13-5-4-12(18-2)7-14(13)15/h4-5,7,10-11,17H,3,6,8-9,16H2,1-2H3. The third kappa shape index (κ3) is 3.87. The summed E-state index contributed by atoms with van der Waals surface area (Å²) in [4.78, 5) is 0. The predicted octanol–water partition coefficient (Wildman–Crippen LogP) is 2.80. The van der Waals surface area contributed by atoms with E-state index < -0.39 is 0 Å². The highest BCUT2D eigenvalue weighted by Crippen LogP contribution is 2.34. The Kier molecular flexibility index (Phi) is 6.47. The van der Waals surface area contributed by atoms with Gasteiger partial charge in [-0.3, -0.25) is 0 Å². The third-order valence-electron chi connectivity index (χ3n) is 3.35. The summed E-state index contributed by atoms with van der Waals surface area (Å²) in [5, 5.41) is 9.95. The van der Waals surface area contributed by atoms with E-state index in [1.807, 2.05) is 18.2 Å². The predicted molar refractivity (Wildman–Crippen MR) is 75.3 cm³/mol. The molecule has 0 bridgehead atoms. The van der Waals surface area contributed by atoms with E-state index in [2.05, 4.69) is 6.92 Å². The highest BCUT2D eigenvalue weighted by atomic mass is 35.5. The van der Waals surface area contributed by atoms with Crippen molar-refractivity contribution in [3.05, 3.63) is 28.8 Å². The molecule has 0 aromatic heterocycles. The van der Waals surface area contributed by atoms with Gasteiger partial charge in [0, 0.05) is 11.6 Å². The Hall–Kier alpha value is -0.770. The van der Waals surface area contributed by atoms with Gasteiger partial charge in [0.25, 0.3) is 0 Å². The van der Waals surface area contributed by atoms with Crippen molar-refractivity contribution in [2.45, 2.75) is 25.7 Å². The molecule has 0 saturated carbocycles. The third-order valence-corrected chi connectivity index (χ3v) is 3.68. The van der Waals surface area contributed by atoms with E-state index >= 15 is 0 Å². The Morgan fingerprint density at radius 3 is 2.61 bits per heavy atom. The van der Waals surface area contributed by atoms with Crippen LogP contribution in [0.2, 0.25) is 5.02 Å². The van der Waals surface area contributed by atoms with E-state index in [4.69, 9.17) is 22.1 Å². The second-order valence-electron chi connectivity index (χ2n) is 4.51. The average Bonchev–Trinajstić information content (AvgIpc) is 2.41. The molecular weight excluding hydrogens is 250 g/mol. The first-order valence-electron chi connectivity index (χ1n) is 6.30. The largest absolute Gasteiger partial charge is 0.497 e. The van der Waals surface area contributed by atoms with E-state index in [0.29, 0.717) is 12.5 Å². The minimum Gasteiger partial charge on any atom is -0.497 e. The maximum Gasteiger partial charge on any atom is 0.120 e. The molecule has 2 unspecified atom stereocenters. The number of rotatable bonds is 7. The zero-order chi connectivity index (χ0) is 13.5.